The summed E-state index contributed by atoms with van der Waals surface area (Å²) in [6.45, 7) is 0. The number of para-hydroxylation sites is 1. The Bertz CT molecular complexity index is 1810. The van der Waals surface area contributed by atoms with Crippen molar-refractivity contribution in [1.82, 2.24) is 0 Å². The van der Waals surface area contributed by atoms with Crippen LogP contribution in [0.15, 0.2) is 127 Å². The van der Waals surface area contributed by atoms with E-state index in [1.807, 2.05) is 11.3 Å². The fourth-order valence-corrected chi connectivity index (χ4v) is 6.07. The molecule has 1 nitrogen and oxygen atoms in total. The van der Waals surface area contributed by atoms with Gasteiger partial charge in [0.15, 0.2) is 0 Å². The lowest BCUT2D eigenvalue weighted by molar-refractivity contribution is 1.29. The first-order chi connectivity index (χ1) is 16.8. The Morgan fingerprint density at radius 1 is 0.382 bits per heavy atom. The second-order valence-corrected chi connectivity index (χ2v) is 9.76. The first-order valence-corrected chi connectivity index (χ1v) is 12.3. The van der Waals surface area contributed by atoms with Crippen LogP contribution >= 0.6 is 11.3 Å². The van der Waals surface area contributed by atoms with Gasteiger partial charge in [0.25, 0.3) is 0 Å². The summed E-state index contributed by atoms with van der Waals surface area (Å²) in [6, 6.07) is 46.1. The number of rotatable bonds is 3. The lowest BCUT2D eigenvalue weighted by Gasteiger charge is -2.26. The van der Waals surface area contributed by atoms with Gasteiger partial charge < -0.3 is 4.90 Å². The van der Waals surface area contributed by atoms with Crippen LogP contribution in [0.3, 0.4) is 0 Å². The molecule has 0 saturated heterocycles. The summed E-state index contributed by atoms with van der Waals surface area (Å²) in [5.74, 6) is 0. The zero-order chi connectivity index (χ0) is 22.5. The molecule has 0 aliphatic heterocycles. The third-order valence-corrected chi connectivity index (χ3v) is 7.72. The molecule has 0 N–H and O–H groups in total. The molecule has 2 heteroatoms. The summed E-state index contributed by atoms with van der Waals surface area (Å²) in [5.41, 5.74) is 3.47. The molecular weight excluding hydrogens is 430 g/mol. The Morgan fingerprint density at radius 3 is 1.88 bits per heavy atom. The number of thiophene rings is 1. The van der Waals surface area contributed by atoms with Crippen LogP contribution in [0.25, 0.3) is 41.7 Å². The normalized spacial score (nSPS) is 11.5. The molecule has 34 heavy (non-hydrogen) atoms. The van der Waals surface area contributed by atoms with Crippen LogP contribution < -0.4 is 4.90 Å². The van der Waals surface area contributed by atoms with E-state index >= 15 is 0 Å². The molecular formula is C32H21NS. The van der Waals surface area contributed by atoms with Crippen molar-refractivity contribution < 1.29 is 0 Å². The maximum absolute atomic E-state index is 2.36. The average Bonchev–Trinajstić information content (AvgIpc) is 3.25. The molecule has 0 aliphatic carbocycles. The van der Waals surface area contributed by atoms with Crippen molar-refractivity contribution in [3.8, 4) is 0 Å². The van der Waals surface area contributed by atoms with Gasteiger partial charge in [0.1, 0.15) is 0 Å². The van der Waals surface area contributed by atoms with Gasteiger partial charge in [0, 0.05) is 37.2 Å². The minimum Gasteiger partial charge on any atom is -0.310 e. The third-order valence-electron chi connectivity index (χ3n) is 6.58. The van der Waals surface area contributed by atoms with Gasteiger partial charge in [0.05, 0.1) is 0 Å². The standard InChI is InChI=1S/C32H21NS/c1-2-10-26(11-3-1)33(27-16-14-22-8-4-5-9-23(22)18-27)28-17-15-24-21-32-30(20-25(24)19-28)29-12-6-7-13-31(29)34-32/h1-21H. The van der Waals surface area contributed by atoms with Crippen molar-refractivity contribution in [3.63, 3.8) is 0 Å². The van der Waals surface area contributed by atoms with Gasteiger partial charge in [-0.2, -0.15) is 0 Å². The topological polar surface area (TPSA) is 3.24 Å². The predicted molar refractivity (Wildman–Crippen MR) is 149 cm³/mol. The molecule has 0 bridgehead atoms. The summed E-state index contributed by atoms with van der Waals surface area (Å²) in [7, 11) is 0. The molecule has 0 saturated carbocycles. The SMILES string of the molecule is c1ccc(N(c2ccc3ccccc3c2)c2ccc3cc4sc5ccccc5c4cc3c2)cc1. The van der Waals surface area contributed by atoms with E-state index in [4.69, 9.17) is 0 Å². The Balaban J connectivity index is 1.45. The highest BCUT2D eigenvalue weighted by Crippen LogP contribution is 2.40. The molecule has 0 unspecified atom stereocenters. The second-order valence-electron chi connectivity index (χ2n) is 8.68. The number of fused-ring (bicyclic) bond motifs is 5. The number of hydrogen-bond acceptors (Lipinski definition) is 2. The molecule has 0 radical (unpaired) electrons. The van der Waals surface area contributed by atoms with Gasteiger partial charge >= 0.3 is 0 Å². The van der Waals surface area contributed by atoms with Gasteiger partial charge in [-0.1, -0.05) is 72.8 Å². The van der Waals surface area contributed by atoms with Gasteiger partial charge in [-0.25, -0.2) is 0 Å². The van der Waals surface area contributed by atoms with Gasteiger partial charge in [-0.3, -0.25) is 0 Å². The Morgan fingerprint density at radius 2 is 1.03 bits per heavy atom. The van der Waals surface area contributed by atoms with Crippen molar-refractivity contribution in [2.75, 3.05) is 4.90 Å². The van der Waals surface area contributed by atoms with Gasteiger partial charge in [-0.15, -0.1) is 11.3 Å². The summed E-state index contributed by atoms with van der Waals surface area (Å²) in [5, 5.41) is 7.70. The van der Waals surface area contributed by atoms with Crippen molar-refractivity contribution in [1.29, 1.82) is 0 Å². The fourth-order valence-electron chi connectivity index (χ4n) is 4.93. The first-order valence-electron chi connectivity index (χ1n) is 11.5. The van der Waals surface area contributed by atoms with Crippen molar-refractivity contribution in [2.45, 2.75) is 0 Å². The molecule has 1 aromatic heterocycles. The second kappa shape index (κ2) is 7.72. The highest BCUT2D eigenvalue weighted by atomic mass is 32.1. The molecule has 0 atom stereocenters. The van der Waals surface area contributed by atoms with Crippen LogP contribution in [-0.2, 0) is 0 Å². The van der Waals surface area contributed by atoms with Crippen molar-refractivity contribution in [2.24, 2.45) is 0 Å². The predicted octanol–water partition coefficient (Wildman–Crippen LogP) is 9.83. The fraction of sp³-hybridized carbons (Fsp3) is 0. The van der Waals surface area contributed by atoms with Crippen LogP contribution in [0.1, 0.15) is 0 Å². The molecule has 1 heterocycles. The maximum Gasteiger partial charge on any atom is 0.0468 e. The number of hydrogen-bond donors (Lipinski definition) is 0. The smallest absolute Gasteiger partial charge is 0.0468 e. The van der Waals surface area contributed by atoms with E-state index < -0.39 is 0 Å². The number of nitrogens with zero attached hydrogens (tertiary/aromatic N) is 1. The summed E-state index contributed by atoms with van der Waals surface area (Å²) < 4.78 is 2.69. The highest BCUT2D eigenvalue weighted by molar-refractivity contribution is 7.25. The molecule has 160 valence electrons. The zero-order valence-electron chi connectivity index (χ0n) is 18.5. The molecule has 7 rings (SSSR count). The molecule has 7 aromatic rings. The zero-order valence-corrected chi connectivity index (χ0v) is 19.3. The molecule has 0 amide bonds. The molecule has 0 aliphatic rings. The average molecular weight is 452 g/mol. The largest absolute Gasteiger partial charge is 0.310 e. The summed E-state index contributed by atoms with van der Waals surface area (Å²) in [6.07, 6.45) is 0. The number of anilines is 3. The summed E-state index contributed by atoms with van der Waals surface area (Å²) >= 11 is 1.87. The van der Waals surface area contributed by atoms with Gasteiger partial charge in [0.2, 0.25) is 0 Å². The first kappa shape index (κ1) is 19.3. The van der Waals surface area contributed by atoms with E-state index in [0.29, 0.717) is 0 Å². The quantitative estimate of drug-likeness (QED) is 0.258. The van der Waals surface area contributed by atoms with Crippen LogP contribution in [-0.4, -0.2) is 0 Å². The van der Waals surface area contributed by atoms with Crippen LogP contribution in [0.5, 0.6) is 0 Å². The van der Waals surface area contributed by atoms with E-state index in [0.717, 1.165) is 17.1 Å². The lowest BCUT2D eigenvalue weighted by Crippen LogP contribution is -2.09. The highest BCUT2D eigenvalue weighted by Gasteiger charge is 2.14. The number of benzene rings is 6. The molecule has 0 fully saturated rings. The van der Waals surface area contributed by atoms with Crippen molar-refractivity contribution >= 4 is 70.1 Å². The van der Waals surface area contributed by atoms with Crippen molar-refractivity contribution in [3.05, 3.63) is 127 Å². The minimum absolute atomic E-state index is 1.15. The summed E-state index contributed by atoms with van der Waals surface area (Å²) in [4.78, 5) is 2.35. The molecule has 6 aromatic carbocycles. The minimum atomic E-state index is 1.15. The van der Waals surface area contributed by atoms with Gasteiger partial charge in [-0.05, 0) is 76.1 Å². The van der Waals surface area contributed by atoms with Crippen LogP contribution in [0.2, 0.25) is 0 Å². The Labute approximate surface area is 202 Å². The molecule has 0 spiro atoms. The maximum atomic E-state index is 2.36. The van der Waals surface area contributed by atoms with E-state index in [1.165, 1.54) is 41.7 Å². The third kappa shape index (κ3) is 3.15. The lowest BCUT2D eigenvalue weighted by atomic mass is 10.0. The van der Waals surface area contributed by atoms with E-state index in [-0.39, 0.29) is 0 Å². The van der Waals surface area contributed by atoms with E-state index in [2.05, 4.69) is 132 Å². The monoisotopic (exact) mass is 451 g/mol. The van der Waals surface area contributed by atoms with Crippen LogP contribution in [0, 0.1) is 0 Å². The Kier molecular flexibility index (Phi) is 4.39. The van der Waals surface area contributed by atoms with E-state index in [9.17, 15) is 0 Å². The van der Waals surface area contributed by atoms with E-state index in [1.54, 1.807) is 0 Å². The van der Waals surface area contributed by atoms with Crippen LogP contribution in [0.4, 0.5) is 17.1 Å². The Hall–Kier alpha value is -4.14.